The van der Waals surface area contributed by atoms with E-state index in [1.54, 1.807) is 12.4 Å². The highest BCUT2D eigenvalue weighted by atomic mass is 35.5. The largest absolute Gasteiger partial charge is 0.356 e. The molecular weight excluding hydrogens is 386 g/mol. The van der Waals surface area contributed by atoms with Crippen LogP contribution in [0.1, 0.15) is 12.0 Å². The first-order valence-electron chi connectivity index (χ1n) is 10.2. The van der Waals surface area contributed by atoms with Gasteiger partial charge in [-0.2, -0.15) is 0 Å². The molecule has 0 saturated carbocycles. The van der Waals surface area contributed by atoms with Crippen molar-refractivity contribution in [2.24, 2.45) is 4.99 Å². The molecule has 0 radical (unpaired) electrons. The number of nitrogens with zero attached hydrogens (tertiary/aromatic N) is 5. The van der Waals surface area contributed by atoms with Gasteiger partial charge in [0.2, 0.25) is 5.95 Å². The van der Waals surface area contributed by atoms with Gasteiger partial charge in [0.15, 0.2) is 5.96 Å². The maximum atomic E-state index is 5.92. The van der Waals surface area contributed by atoms with Gasteiger partial charge in [0, 0.05) is 63.7 Å². The monoisotopic (exact) mass is 415 g/mol. The lowest BCUT2D eigenvalue weighted by molar-refractivity contribution is 0.254. The molecule has 1 saturated heterocycles. The molecule has 0 spiro atoms. The van der Waals surface area contributed by atoms with Crippen LogP contribution in [0.25, 0.3) is 0 Å². The van der Waals surface area contributed by atoms with Crippen molar-refractivity contribution in [3.8, 4) is 0 Å². The zero-order chi connectivity index (χ0) is 20.3. The molecule has 7 nitrogen and oxygen atoms in total. The molecular formula is C21H30ClN7. The van der Waals surface area contributed by atoms with Gasteiger partial charge in [0.25, 0.3) is 0 Å². The van der Waals surface area contributed by atoms with Crippen LogP contribution in [0.3, 0.4) is 0 Å². The quantitative estimate of drug-likeness (QED) is 0.390. The summed E-state index contributed by atoms with van der Waals surface area (Å²) in [4.78, 5) is 17.7. The average molecular weight is 416 g/mol. The van der Waals surface area contributed by atoms with Gasteiger partial charge in [0.05, 0.1) is 0 Å². The van der Waals surface area contributed by atoms with Gasteiger partial charge in [-0.15, -0.1) is 0 Å². The van der Waals surface area contributed by atoms with Gasteiger partial charge in [-0.1, -0.05) is 23.7 Å². The Kier molecular flexibility index (Phi) is 8.52. The first kappa shape index (κ1) is 21.3. The van der Waals surface area contributed by atoms with E-state index in [4.69, 9.17) is 11.6 Å². The van der Waals surface area contributed by atoms with E-state index in [0.717, 1.165) is 75.6 Å². The number of benzene rings is 1. The Labute approximate surface area is 178 Å². The molecule has 1 aliphatic rings. The van der Waals surface area contributed by atoms with Gasteiger partial charge in [0.1, 0.15) is 0 Å². The Morgan fingerprint density at radius 1 is 1.03 bits per heavy atom. The van der Waals surface area contributed by atoms with E-state index in [9.17, 15) is 0 Å². The molecule has 0 amide bonds. The van der Waals surface area contributed by atoms with Gasteiger partial charge in [-0.3, -0.25) is 9.89 Å². The summed E-state index contributed by atoms with van der Waals surface area (Å²) in [6, 6.07) is 9.83. The standard InChI is InChI=1S/C21H30ClN7/c1-23-20(25-12-8-18-4-6-19(22)7-5-18)24-11-3-13-28-14-16-29(17-15-28)21-26-9-2-10-27-21/h2,4-7,9-10H,3,8,11-17H2,1H3,(H2,23,24,25). The normalized spacial score (nSPS) is 15.4. The number of nitrogens with one attached hydrogen (secondary N) is 2. The zero-order valence-electron chi connectivity index (χ0n) is 17.0. The third-order valence-electron chi connectivity index (χ3n) is 4.99. The van der Waals surface area contributed by atoms with Gasteiger partial charge in [-0.05, 0) is 43.1 Å². The number of rotatable bonds is 8. The van der Waals surface area contributed by atoms with Crippen LogP contribution < -0.4 is 15.5 Å². The summed E-state index contributed by atoms with van der Waals surface area (Å²) in [5, 5.41) is 7.54. The van der Waals surface area contributed by atoms with Crippen molar-refractivity contribution in [1.29, 1.82) is 0 Å². The first-order valence-corrected chi connectivity index (χ1v) is 10.6. The highest BCUT2D eigenvalue weighted by Crippen LogP contribution is 2.10. The van der Waals surface area contributed by atoms with Crippen LogP contribution in [0.5, 0.6) is 0 Å². The Morgan fingerprint density at radius 3 is 2.41 bits per heavy atom. The Morgan fingerprint density at radius 2 is 1.72 bits per heavy atom. The van der Waals surface area contributed by atoms with Gasteiger partial charge in [-0.25, -0.2) is 9.97 Å². The van der Waals surface area contributed by atoms with E-state index in [1.807, 2.05) is 25.2 Å². The van der Waals surface area contributed by atoms with Crippen LogP contribution >= 0.6 is 11.6 Å². The van der Waals surface area contributed by atoms with Crippen molar-refractivity contribution in [2.75, 3.05) is 57.8 Å². The van der Waals surface area contributed by atoms with Crippen molar-refractivity contribution in [3.63, 3.8) is 0 Å². The molecule has 1 fully saturated rings. The maximum absolute atomic E-state index is 5.92. The van der Waals surface area contributed by atoms with Crippen molar-refractivity contribution in [3.05, 3.63) is 53.3 Å². The first-order chi connectivity index (χ1) is 14.2. The fourth-order valence-electron chi connectivity index (χ4n) is 3.33. The molecule has 0 unspecified atom stereocenters. The predicted molar refractivity (Wildman–Crippen MR) is 120 cm³/mol. The third kappa shape index (κ3) is 7.18. The molecule has 1 aromatic carbocycles. The number of aromatic nitrogens is 2. The topological polar surface area (TPSA) is 68.7 Å². The van der Waals surface area contributed by atoms with Crippen LogP contribution in [0.2, 0.25) is 5.02 Å². The van der Waals surface area contributed by atoms with E-state index in [-0.39, 0.29) is 0 Å². The second-order valence-electron chi connectivity index (χ2n) is 7.03. The maximum Gasteiger partial charge on any atom is 0.225 e. The molecule has 1 aromatic heterocycles. The lowest BCUT2D eigenvalue weighted by Crippen LogP contribution is -2.47. The molecule has 0 bridgehead atoms. The highest BCUT2D eigenvalue weighted by Gasteiger charge is 2.18. The highest BCUT2D eigenvalue weighted by molar-refractivity contribution is 6.30. The summed E-state index contributed by atoms with van der Waals surface area (Å²) in [5.41, 5.74) is 1.26. The number of halogens is 1. The van der Waals surface area contributed by atoms with Gasteiger partial charge < -0.3 is 15.5 Å². The fourth-order valence-corrected chi connectivity index (χ4v) is 3.46. The Balaban J connectivity index is 1.27. The molecule has 2 N–H and O–H groups in total. The molecule has 29 heavy (non-hydrogen) atoms. The van der Waals surface area contributed by atoms with E-state index >= 15 is 0 Å². The number of anilines is 1. The molecule has 3 rings (SSSR count). The van der Waals surface area contributed by atoms with Crippen LogP contribution in [0.4, 0.5) is 5.95 Å². The number of piperazine rings is 1. The number of guanidine groups is 1. The average Bonchev–Trinajstić information content (AvgIpc) is 2.78. The van der Waals surface area contributed by atoms with E-state index in [1.165, 1.54) is 5.56 Å². The SMILES string of the molecule is CN=C(NCCCN1CCN(c2ncccn2)CC1)NCCc1ccc(Cl)cc1. The molecule has 0 atom stereocenters. The molecule has 2 heterocycles. The third-order valence-corrected chi connectivity index (χ3v) is 5.25. The van der Waals surface area contributed by atoms with Crippen LogP contribution in [0.15, 0.2) is 47.7 Å². The smallest absolute Gasteiger partial charge is 0.225 e. The summed E-state index contributed by atoms with van der Waals surface area (Å²) in [6.45, 7) is 6.88. The molecule has 0 aliphatic carbocycles. The Bertz CT molecular complexity index is 743. The Hall–Kier alpha value is -2.38. The lowest BCUT2D eigenvalue weighted by Gasteiger charge is -2.34. The van der Waals surface area contributed by atoms with Gasteiger partial charge >= 0.3 is 0 Å². The number of hydrogen-bond acceptors (Lipinski definition) is 5. The van der Waals surface area contributed by atoms with E-state index in [2.05, 4.69) is 47.5 Å². The lowest BCUT2D eigenvalue weighted by atomic mass is 10.1. The zero-order valence-corrected chi connectivity index (χ0v) is 17.8. The van der Waals surface area contributed by atoms with Crippen molar-refractivity contribution in [2.45, 2.75) is 12.8 Å². The minimum Gasteiger partial charge on any atom is -0.356 e. The van der Waals surface area contributed by atoms with E-state index < -0.39 is 0 Å². The summed E-state index contributed by atoms with van der Waals surface area (Å²) >= 11 is 5.92. The summed E-state index contributed by atoms with van der Waals surface area (Å²) < 4.78 is 0. The minimum absolute atomic E-state index is 0.772. The van der Waals surface area contributed by atoms with Crippen LogP contribution in [-0.2, 0) is 6.42 Å². The number of hydrogen-bond donors (Lipinski definition) is 2. The summed E-state index contributed by atoms with van der Waals surface area (Å²) in [5.74, 6) is 1.69. The molecule has 1 aliphatic heterocycles. The van der Waals surface area contributed by atoms with Crippen LogP contribution in [0, 0.1) is 0 Å². The van der Waals surface area contributed by atoms with Crippen LogP contribution in [-0.4, -0.2) is 73.7 Å². The summed E-state index contributed by atoms with van der Waals surface area (Å²) in [7, 11) is 1.81. The van der Waals surface area contributed by atoms with Crippen molar-refractivity contribution in [1.82, 2.24) is 25.5 Å². The second kappa shape index (κ2) is 11.6. The molecule has 2 aromatic rings. The minimum atomic E-state index is 0.772. The van der Waals surface area contributed by atoms with Crippen molar-refractivity contribution >= 4 is 23.5 Å². The van der Waals surface area contributed by atoms with Crippen molar-refractivity contribution < 1.29 is 0 Å². The van der Waals surface area contributed by atoms with E-state index in [0.29, 0.717) is 0 Å². The summed E-state index contributed by atoms with van der Waals surface area (Å²) in [6.07, 6.45) is 5.63. The second-order valence-corrected chi connectivity index (χ2v) is 7.47. The molecule has 8 heteroatoms. The molecule has 156 valence electrons. The predicted octanol–water partition coefficient (Wildman–Crippen LogP) is 2.05. The number of aliphatic imine (C=N–C) groups is 1. The fraction of sp³-hybridized carbons (Fsp3) is 0.476.